The Morgan fingerprint density at radius 2 is 1.02 bits per heavy atom. The van der Waals surface area contributed by atoms with Crippen LogP contribution in [0.15, 0.2) is 84.9 Å². The highest BCUT2D eigenvalue weighted by atomic mass is 16.3. The molecule has 2 amide bonds. The van der Waals surface area contributed by atoms with Crippen LogP contribution in [0.4, 0.5) is 0 Å². The molecule has 6 heteroatoms. The number of hydrogen-bond acceptors (Lipinski definition) is 4. The number of benzene rings is 4. The van der Waals surface area contributed by atoms with Crippen LogP contribution in [0.1, 0.15) is 75.6 Å². The number of nitrogens with one attached hydrogen (secondary N) is 2. The fraction of sp³-hybridized carbons (Fsp3) is 0.371. The molecule has 41 heavy (non-hydrogen) atoms. The number of hydrogen-bond donors (Lipinski definition) is 4. The second kappa shape index (κ2) is 10.3. The first-order valence-corrected chi connectivity index (χ1v) is 14.8. The first kappa shape index (κ1) is 27.4. The topological polar surface area (TPSA) is 98.7 Å². The summed E-state index contributed by atoms with van der Waals surface area (Å²) in [4.78, 5) is 28.4. The van der Waals surface area contributed by atoms with Gasteiger partial charge >= 0.3 is 0 Å². The molecule has 0 radical (unpaired) electrons. The van der Waals surface area contributed by atoms with Crippen LogP contribution in [0.5, 0.6) is 0 Å². The third kappa shape index (κ3) is 4.79. The molecule has 0 spiro atoms. The predicted octanol–water partition coefficient (Wildman–Crippen LogP) is 5.86. The van der Waals surface area contributed by atoms with Crippen LogP contribution in [-0.4, -0.2) is 33.2 Å². The highest BCUT2D eigenvalue weighted by molar-refractivity contribution is 6.05. The molecule has 0 saturated heterocycles. The summed E-state index contributed by atoms with van der Waals surface area (Å²) in [5.74, 6) is -0.810. The average molecular weight is 551 g/mol. The molecule has 212 valence electrons. The number of fused-ring (bicyclic) bond motifs is 2. The molecule has 6 nitrogen and oxygen atoms in total. The zero-order valence-electron chi connectivity index (χ0n) is 23.7. The molecule has 0 heterocycles. The Balaban J connectivity index is 1.34. The van der Waals surface area contributed by atoms with Gasteiger partial charge in [0.15, 0.2) is 0 Å². The van der Waals surface area contributed by atoms with E-state index in [0.717, 1.165) is 32.7 Å². The van der Waals surface area contributed by atoms with Crippen molar-refractivity contribution in [3.63, 3.8) is 0 Å². The van der Waals surface area contributed by atoms with Gasteiger partial charge in [0, 0.05) is 0 Å². The van der Waals surface area contributed by atoms with Crippen molar-refractivity contribution in [2.45, 2.75) is 75.7 Å². The van der Waals surface area contributed by atoms with Crippen molar-refractivity contribution in [2.75, 3.05) is 0 Å². The van der Waals surface area contributed by atoms with Crippen molar-refractivity contribution in [3.8, 4) is 0 Å². The first-order valence-electron chi connectivity index (χ1n) is 14.8. The highest BCUT2D eigenvalue weighted by Crippen LogP contribution is 2.49. The molecule has 4 aromatic rings. The average Bonchev–Trinajstić information content (AvgIpc) is 3.93. The van der Waals surface area contributed by atoms with Gasteiger partial charge in [-0.1, -0.05) is 98.8 Å². The van der Waals surface area contributed by atoms with E-state index in [0.29, 0.717) is 25.7 Å². The molecule has 2 fully saturated rings. The largest absolute Gasteiger partial charge is 0.387 e. The maximum Gasteiger partial charge on any atom is 0.236 e. The van der Waals surface area contributed by atoms with E-state index in [2.05, 4.69) is 10.6 Å². The number of carbonyl (C=O) groups excluding carboxylic acids is 2. The van der Waals surface area contributed by atoms with E-state index in [-0.39, 0.29) is 12.8 Å². The van der Waals surface area contributed by atoms with E-state index < -0.39 is 40.5 Å². The zero-order chi connectivity index (χ0) is 28.8. The quantitative estimate of drug-likeness (QED) is 0.186. The van der Waals surface area contributed by atoms with Gasteiger partial charge in [-0.3, -0.25) is 9.59 Å². The summed E-state index contributed by atoms with van der Waals surface area (Å²) in [5.41, 5.74) is -1.80. The lowest BCUT2D eigenvalue weighted by atomic mass is 9.78. The standard InChI is InChI=1S/C35H38N2O4/c1-3-33(4-2,31(38)36-29(34(40)19-20-34)27-17-9-13-23-11-5-7-15-25(23)27)32(39)37-30(35(41)21-22-35)28-18-10-14-24-12-6-8-16-26(24)28/h5-18,29-30,40-41H,3-4,19-22H2,1-2H3,(H,36,38)(H,37,39). The van der Waals surface area contributed by atoms with Crippen molar-refractivity contribution in [1.82, 2.24) is 10.6 Å². The maximum atomic E-state index is 14.2. The molecule has 0 aliphatic heterocycles. The molecule has 4 aromatic carbocycles. The lowest BCUT2D eigenvalue weighted by Crippen LogP contribution is -2.54. The summed E-state index contributed by atoms with van der Waals surface area (Å²) in [5, 5.41) is 33.0. The van der Waals surface area contributed by atoms with Crippen molar-refractivity contribution >= 4 is 33.4 Å². The van der Waals surface area contributed by atoms with Crippen LogP contribution in [-0.2, 0) is 9.59 Å². The van der Waals surface area contributed by atoms with E-state index >= 15 is 0 Å². The third-order valence-corrected chi connectivity index (χ3v) is 9.50. The monoisotopic (exact) mass is 550 g/mol. The number of rotatable bonds is 10. The molecule has 0 bridgehead atoms. The fourth-order valence-electron chi connectivity index (χ4n) is 6.37. The molecule has 2 saturated carbocycles. The van der Waals surface area contributed by atoms with E-state index in [4.69, 9.17) is 0 Å². The Bertz CT molecular complexity index is 1490. The molecular weight excluding hydrogens is 512 g/mol. The third-order valence-electron chi connectivity index (χ3n) is 9.50. The first-order chi connectivity index (χ1) is 19.7. The van der Waals surface area contributed by atoms with Crippen molar-refractivity contribution in [2.24, 2.45) is 5.41 Å². The summed E-state index contributed by atoms with van der Waals surface area (Å²) in [7, 11) is 0. The van der Waals surface area contributed by atoms with Gasteiger partial charge in [-0.15, -0.1) is 0 Å². The number of amides is 2. The number of aliphatic hydroxyl groups is 2. The molecular formula is C35H38N2O4. The summed E-state index contributed by atoms with van der Waals surface area (Å²) < 4.78 is 0. The van der Waals surface area contributed by atoms with Gasteiger partial charge < -0.3 is 20.8 Å². The minimum absolute atomic E-state index is 0.280. The lowest BCUT2D eigenvalue weighted by Gasteiger charge is -2.35. The van der Waals surface area contributed by atoms with Crippen molar-refractivity contribution in [1.29, 1.82) is 0 Å². The minimum atomic E-state index is -1.37. The summed E-state index contributed by atoms with van der Waals surface area (Å²) in [6.07, 6.45) is 2.87. The Labute approximate surface area is 240 Å². The minimum Gasteiger partial charge on any atom is -0.387 e. The molecule has 4 N–H and O–H groups in total. The van der Waals surface area contributed by atoms with E-state index in [1.807, 2.05) is 98.8 Å². The second-order valence-corrected chi connectivity index (χ2v) is 11.9. The summed E-state index contributed by atoms with van der Waals surface area (Å²) >= 11 is 0. The zero-order valence-corrected chi connectivity index (χ0v) is 23.7. The normalized spacial score (nSPS) is 18.4. The van der Waals surface area contributed by atoms with Gasteiger partial charge in [0.05, 0.1) is 23.3 Å². The van der Waals surface area contributed by atoms with Gasteiger partial charge in [0.1, 0.15) is 5.41 Å². The molecule has 2 unspecified atom stereocenters. The molecule has 0 aromatic heterocycles. The van der Waals surface area contributed by atoms with Crippen LogP contribution < -0.4 is 10.6 Å². The van der Waals surface area contributed by atoms with E-state index in [9.17, 15) is 19.8 Å². The smallest absolute Gasteiger partial charge is 0.236 e. The van der Waals surface area contributed by atoms with Crippen LogP contribution in [0.2, 0.25) is 0 Å². The predicted molar refractivity (Wildman–Crippen MR) is 161 cm³/mol. The van der Waals surface area contributed by atoms with Crippen molar-refractivity contribution in [3.05, 3.63) is 96.1 Å². The highest BCUT2D eigenvalue weighted by Gasteiger charge is 2.54. The van der Waals surface area contributed by atoms with Crippen LogP contribution >= 0.6 is 0 Å². The Hall–Kier alpha value is -3.74. The second-order valence-electron chi connectivity index (χ2n) is 11.9. The van der Waals surface area contributed by atoms with Crippen LogP contribution in [0.3, 0.4) is 0 Å². The Morgan fingerprint density at radius 1 is 0.659 bits per heavy atom. The van der Waals surface area contributed by atoms with Crippen molar-refractivity contribution < 1.29 is 19.8 Å². The molecule has 2 aliphatic carbocycles. The van der Waals surface area contributed by atoms with Gasteiger partial charge in [0.25, 0.3) is 0 Å². The van der Waals surface area contributed by atoms with E-state index in [1.165, 1.54) is 0 Å². The Morgan fingerprint density at radius 3 is 1.39 bits per heavy atom. The molecule has 6 rings (SSSR count). The van der Waals surface area contributed by atoms with E-state index in [1.54, 1.807) is 0 Å². The number of carbonyl (C=O) groups is 2. The molecule has 2 aliphatic rings. The van der Waals surface area contributed by atoms with Gasteiger partial charge in [-0.05, 0) is 71.2 Å². The van der Waals surface area contributed by atoms with Gasteiger partial charge in [0.2, 0.25) is 11.8 Å². The fourth-order valence-corrected chi connectivity index (χ4v) is 6.37. The molecule has 2 atom stereocenters. The van der Waals surface area contributed by atoms with Crippen LogP contribution in [0.25, 0.3) is 21.5 Å². The van der Waals surface area contributed by atoms with Gasteiger partial charge in [-0.2, -0.15) is 0 Å². The SMILES string of the molecule is CCC(CC)(C(=O)NC(c1cccc2ccccc12)C1(O)CC1)C(=O)NC(c1cccc2ccccc12)C1(O)CC1. The van der Waals surface area contributed by atoms with Crippen LogP contribution in [0, 0.1) is 5.41 Å². The van der Waals surface area contributed by atoms with Gasteiger partial charge in [-0.25, -0.2) is 0 Å². The maximum absolute atomic E-state index is 14.2. The summed E-state index contributed by atoms with van der Waals surface area (Å²) in [6.45, 7) is 3.69. The summed E-state index contributed by atoms with van der Waals surface area (Å²) in [6, 6.07) is 26.4. The lowest BCUT2D eigenvalue weighted by molar-refractivity contribution is -0.146. The Kier molecular flexibility index (Phi) is 6.87.